The summed E-state index contributed by atoms with van der Waals surface area (Å²) in [6.45, 7) is 8.41. The third kappa shape index (κ3) is 3.76. The maximum Gasteiger partial charge on any atom is 0.275 e. The summed E-state index contributed by atoms with van der Waals surface area (Å²) >= 11 is 0. The first-order valence-electron chi connectivity index (χ1n) is 9.81. The number of nitrogens with zero attached hydrogens (tertiary/aromatic N) is 4. The third-order valence-electron chi connectivity index (χ3n) is 5.26. The summed E-state index contributed by atoms with van der Waals surface area (Å²) in [6, 6.07) is 7.45. The van der Waals surface area contributed by atoms with Gasteiger partial charge >= 0.3 is 0 Å². The number of carbonyl (C=O) groups is 1. The van der Waals surface area contributed by atoms with Gasteiger partial charge < -0.3 is 10.3 Å². The Morgan fingerprint density at radius 3 is 2.67 bits per heavy atom. The van der Waals surface area contributed by atoms with Crippen molar-refractivity contribution in [3.05, 3.63) is 75.5 Å². The van der Waals surface area contributed by atoms with Crippen LogP contribution in [0.4, 0.5) is 0 Å². The van der Waals surface area contributed by atoms with Crippen molar-refractivity contribution in [3.63, 3.8) is 0 Å². The lowest BCUT2D eigenvalue weighted by Crippen LogP contribution is -2.29. The molecule has 154 valence electrons. The van der Waals surface area contributed by atoms with Crippen LogP contribution in [0.15, 0.2) is 47.7 Å². The van der Waals surface area contributed by atoms with E-state index in [0.29, 0.717) is 23.4 Å². The lowest BCUT2D eigenvalue weighted by atomic mass is 10.1. The number of fused-ring (bicyclic) bond motifs is 1. The smallest absolute Gasteiger partial charge is 0.275 e. The number of nitrogens with one attached hydrogen (secondary N) is 2. The Kier molecular flexibility index (Phi) is 4.99. The second kappa shape index (κ2) is 7.62. The fourth-order valence-corrected chi connectivity index (χ4v) is 3.26. The van der Waals surface area contributed by atoms with Crippen molar-refractivity contribution in [1.29, 1.82) is 0 Å². The number of hydrogen-bond acceptors (Lipinski definition) is 4. The number of aryl methyl sites for hydroxylation is 3. The molecule has 30 heavy (non-hydrogen) atoms. The van der Waals surface area contributed by atoms with Crippen LogP contribution in [0.1, 0.15) is 40.0 Å². The highest BCUT2D eigenvalue weighted by atomic mass is 16.1. The Bertz CT molecular complexity index is 1300. The topological polar surface area (TPSA) is 97.1 Å². The van der Waals surface area contributed by atoms with Crippen LogP contribution in [-0.2, 0) is 0 Å². The van der Waals surface area contributed by atoms with Gasteiger partial charge in [-0.15, -0.1) is 5.10 Å². The summed E-state index contributed by atoms with van der Waals surface area (Å²) in [5.41, 5.74) is 4.58. The van der Waals surface area contributed by atoms with Crippen LogP contribution in [0.2, 0.25) is 0 Å². The average Bonchev–Trinajstić information content (AvgIpc) is 3.34. The molecule has 0 fully saturated rings. The zero-order valence-electron chi connectivity index (χ0n) is 17.4. The van der Waals surface area contributed by atoms with Crippen molar-refractivity contribution >= 4 is 11.4 Å². The van der Waals surface area contributed by atoms with Crippen LogP contribution in [-0.4, -0.2) is 36.8 Å². The van der Waals surface area contributed by atoms with Crippen molar-refractivity contribution in [2.45, 2.75) is 33.7 Å². The fourth-order valence-electron chi connectivity index (χ4n) is 3.26. The van der Waals surface area contributed by atoms with Gasteiger partial charge in [0, 0.05) is 24.5 Å². The molecule has 8 heteroatoms. The lowest BCUT2D eigenvalue weighted by Gasteiger charge is -2.12. The molecule has 0 radical (unpaired) electrons. The van der Waals surface area contributed by atoms with E-state index >= 15 is 0 Å². The molecule has 0 saturated heterocycles. The highest BCUT2D eigenvalue weighted by molar-refractivity contribution is 5.95. The Hall–Kier alpha value is -3.68. The second-order valence-electron chi connectivity index (χ2n) is 7.72. The molecule has 8 nitrogen and oxygen atoms in total. The first kappa shape index (κ1) is 19.6. The average molecular weight is 404 g/mol. The van der Waals surface area contributed by atoms with Crippen molar-refractivity contribution < 1.29 is 4.79 Å². The molecule has 1 aromatic carbocycles. The van der Waals surface area contributed by atoms with E-state index in [4.69, 9.17) is 0 Å². The van der Waals surface area contributed by atoms with E-state index in [1.54, 1.807) is 18.5 Å². The minimum Gasteiger partial charge on any atom is -0.350 e. The van der Waals surface area contributed by atoms with E-state index in [0.717, 1.165) is 16.7 Å². The maximum atomic E-state index is 12.6. The van der Waals surface area contributed by atoms with Crippen LogP contribution in [0, 0.1) is 20.8 Å². The summed E-state index contributed by atoms with van der Waals surface area (Å²) in [4.78, 5) is 28.0. The van der Waals surface area contributed by atoms with Gasteiger partial charge in [0.25, 0.3) is 11.5 Å². The van der Waals surface area contributed by atoms with Crippen LogP contribution < -0.4 is 10.9 Å². The van der Waals surface area contributed by atoms with Gasteiger partial charge in [-0.3, -0.25) is 14.3 Å². The van der Waals surface area contributed by atoms with Gasteiger partial charge in [0.2, 0.25) is 0 Å². The number of aromatic nitrogens is 5. The van der Waals surface area contributed by atoms with Crippen molar-refractivity contribution in [1.82, 2.24) is 29.7 Å². The van der Waals surface area contributed by atoms with E-state index in [9.17, 15) is 9.59 Å². The van der Waals surface area contributed by atoms with Gasteiger partial charge in [-0.1, -0.05) is 12.1 Å². The Balaban J connectivity index is 1.56. The summed E-state index contributed by atoms with van der Waals surface area (Å²) in [5, 5.41) is 11.7. The molecule has 0 spiro atoms. The first-order chi connectivity index (χ1) is 14.3. The molecular weight excluding hydrogens is 380 g/mol. The van der Waals surface area contributed by atoms with Crippen LogP contribution in [0.3, 0.4) is 0 Å². The highest BCUT2D eigenvalue weighted by Crippen LogP contribution is 2.18. The molecule has 1 unspecified atom stereocenters. The summed E-state index contributed by atoms with van der Waals surface area (Å²) in [7, 11) is 0. The number of carbonyl (C=O) groups excluding carboxylic acids is 1. The first-order valence-corrected chi connectivity index (χ1v) is 9.81. The molecule has 4 rings (SSSR count). The molecule has 0 bridgehead atoms. The molecule has 2 N–H and O–H groups in total. The van der Waals surface area contributed by atoms with E-state index in [1.807, 2.05) is 56.8 Å². The zero-order valence-corrected chi connectivity index (χ0v) is 17.4. The lowest BCUT2D eigenvalue weighted by molar-refractivity contribution is 0.0948. The zero-order chi connectivity index (χ0) is 21.4. The SMILES string of the molecule is Cc1cnn(C(C)CNC(=O)c2cc3c(=O)[nH]c(-c4ccc(C)c(C)c4)nn3c2)c1. The molecule has 1 atom stereocenters. The summed E-state index contributed by atoms with van der Waals surface area (Å²) < 4.78 is 3.27. The number of H-pyrrole nitrogens is 1. The second-order valence-corrected chi connectivity index (χ2v) is 7.72. The quantitative estimate of drug-likeness (QED) is 0.534. The molecule has 0 aliphatic heterocycles. The van der Waals surface area contributed by atoms with Gasteiger partial charge in [0.1, 0.15) is 5.52 Å². The van der Waals surface area contributed by atoms with Crippen LogP contribution in [0.25, 0.3) is 16.9 Å². The van der Waals surface area contributed by atoms with Crippen LogP contribution >= 0.6 is 0 Å². The minimum atomic E-state index is -0.294. The van der Waals surface area contributed by atoms with Crippen LogP contribution in [0.5, 0.6) is 0 Å². The molecule has 0 aliphatic rings. The Labute approximate surface area is 173 Å². The van der Waals surface area contributed by atoms with Gasteiger partial charge in [-0.2, -0.15) is 5.10 Å². The van der Waals surface area contributed by atoms with E-state index in [-0.39, 0.29) is 17.5 Å². The van der Waals surface area contributed by atoms with Gasteiger partial charge in [0.05, 0.1) is 17.8 Å². The predicted octanol–water partition coefficient (Wildman–Crippen LogP) is 2.80. The molecule has 3 aromatic heterocycles. The largest absolute Gasteiger partial charge is 0.350 e. The van der Waals surface area contributed by atoms with Gasteiger partial charge in [0.15, 0.2) is 5.82 Å². The predicted molar refractivity (Wildman–Crippen MR) is 115 cm³/mol. The maximum absolute atomic E-state index is 12.6. The Morgan fingerprint density at radius 1 is 1.17 bits per heavy atom. The third-order valence-corrected chi connectivity index (χ3v) is 5.26. The minimum absolute atomic E-state index is 0.0117. The van der Waals surface area contributed by atoms with Crippen molar-refractivity contribution in [2.24, 2.45) is 0 Å². The number of benzene rings is 1. The molecule has 0 saturated carbocycles. The highest BCUT2D eigenvalue weighted by Gasteiger charge is 2.15. The normalized spacial score (nSPS) is 12.3. The summed E-state index contributed by atoms with van der Waals surface area (Å²) in [5.74, 6) is 0.198. The monoisotopic (exact) mass is 404 g/mol. The number of amides is 1. The molecule has 4 aromatic rings. The van der Waals surface area contributed by atoms with E-state index in [2.05, 4.69) is 20.5 Å². The van der Waals surface area contributed by atoms with E-state index in [1.165, 1.54) is 10.1 Å². The van der Waals surface area contributed by atoms with Crippen molar-refractivity contribution in [3.8, 4) is 11.4 Å². The van der Waals surface area contributed by atoms with Crippen molar-refractivity contribution in [2.75, 3.05) is 6.54 Å². The standard InChI is InChI=1S/C22H24N6O2/c1-13-9-24-27(11-13)16(4)10-23-21(29)18-8-19-22(30)25-20(26-28(19)12-18)17-6-5-14(2)15(3)7-17/h5-9,11-12,16H,10H2,1-4H3,(H,23,29)(H,25,26,30). The van der Waals surface area contributed by atoms with E-state index < -0.39 is 0 Å². The van der Waals surface area contributed by atoms with Gasteiger partial charge in [-0.25, -0.2) is 4.52 Å². The van der Waals surface area contributed by atoms with Gasteiger partial charge in [-0.05, 0) is 56.5 Å². The number of rotatable bonds is 5. The molecular formula is C22H24N6O2. The molecule has 3 heterocycles. The fraction of sp³-hybridized carbons (Fsp3) is 0.273. The molecule has 0 aliphatic carbocycles. The number of hydrogen-bond donors (Lipinski definition) is 2. The number of aromatic amines is 1. The molecule has 1 amide bonds. The Morgan fingerprint density at radius 2 is 1.97 bits per heavy atom. The summed E-state index contributed by atoms with van der Waals surface area (Å²) in [6.07, 6.45) is 5.29.